The van der Waals surface area contributed by atoms with Gasteiger partial charge in [0.25, 0.3) is 0 Å². The van der Waals surface area contributed by atoms with Crippen LogP contribution in [0, 0.1) is 6.92 Å². The standard InChI is InChI=1S/C24H32N2O2/c1-18(2)22-14-8-10-19(3)24(22)26(20(4)27)17-15-23(28)25-16-9-13-21-11-6-5-7-12-21/h5-8,10-12,14,18H,9,13,15-17H2,1-4H3,(H,25,28). The highest BCUT2D eigenvalue weighted by Gasteiger charge is 2.20. The van der Waals surface area contributed by atoms with Gasteiger partial charge in [-0.25, -0.2) is 0 Å². The molecule has 0 heterocycles. The molecular weight excluding hydrogens is 348 g/mol. The Kier molecular flexibility index (Phi) is 8.24. The Morgan fingerprint density at radius 1 is 1.04 bits per heavy atom. The average Bonchev–Trinajstić information content (AvgIpc) is 2.67. The van der Waals surface area contributed by atoms with Crippen LogP contribution in [0.15, 0.2) is 48.5 Å². The number of carbonyl (C=O) groups excluding carboxylic acids is 2. The predicted molar refractivity (Wildman–Crippen MR) is 116 cm³/mol. The highest BCUT2D eigenvalue weighted by atomic mass is 16.2. The summed E-state index contributed by atoms with van der Waals surface area (Å²) in [5, 5.41) is 2.97. The fourth-order valence-electron chi connectivity index (χ4n) is 3.41. The number of rotatable bonds is 9. The second-order valence-corrected chi connectivity index (χ2v) is 7.53. The van der Waals surface area contributed by atoms with E-state index >= 15 is 0 Å². The van der Waals surface area contributed by atoms with E-state index in [2.05, 4.69) is 37.4 Å². The second-order valence-electron chi connectivity index (χ2n) is 7.53. The van der Waals surface area contributed by atoms with Gasteiger partial charge in [-0.3, -0.25) is 9.59 Å². The molecule has 0 aromatic heterocycles. The number of hydrogen-bond acceptors (Lipinski definition) is 2. The van der Waals surface area contributed by atoms with E-state index in [0.29, 0.717) is 25.4 Å². The van der Waals surface area contributed by atoms with Crippen LogP contribution in [-0.4, -0.2) is 24.9 Å². The Labute approximate surface area is 169 Å². The van der Waals surface area contributed by atoms with E-state index in [-0.39, 0.29) is 11.8 Å². The van der Waals surface area contributed by atoms with Gasteiger partial charge in [0.15, 0.2) is 0 Å². The van der Waals surface area contributed by atoms with Crippen molar-refractivity contribution in [2.45, 2.75) is 52.9 Å². The third-order valence-corrected chi connectivity index (χ3v) is 4.91. The first-order chi connectivity index (χ1) is 13.4. The molecule has 0 aliphatic carbocycles. The quantitative estimate of drug-likeness (QED) is 0.646. The zero-order valence-corrected chi connectivity index (χ0v) is 17.5. The van der Waals surface area contributed by atoms with Gasteiger partial charge in [-0.2, -0.15) is 0 Å². The van der Waals surface area contributed by atoms with Gasteiger partial charge in [0, 0.05) is 32.1 Å². The number of anilines is 1. The Morgan fingerprint density at radius 3 is 2.39 bits per heavy atom. The van der Waals surface area contributed by atoms with Crippen LogP contribution in [0.25, 0.3) is 0 Å². The zero-order chi connectivity index (χ0) is 20.5. The first-order valence-electron chi connectivity index (χ1n) is 10.1. The second kappa shape index (κ2) is 10.6. The molecule has 28 heavy (non-hydrogen) atoms. The molecule has 0 bridgehead atoms. The molecule has 0 fully saturated rings. The van der Waals surface area contributed by atoms with Crippen LogP contribution < -0.4 is 10.2 Å². The molecule has 0 unspecified atom stereocenters. The van der Waals surface area contributed by atoms with Crippen LogP contribution in [0.1, 0.15) is 56.2 Å². The van der Waals surface area contributed by atoms with Crippen molar-refractivity contribution in [3.05, 3.63) is 65.2 Å². The van der Waals surface area contributed by atoms with Crippen LogP contribution in [0.5, 0.6) is 0 Å². The SMILES string of the molecule is CC(=O)N(CCC(=O)NCCCc1ccccc1)c1c(C)cccc1C(C)C. The van der Waals surface area contributed by atoms with Gasteiger partial charge >= 0.3 is 0 Å². The highest BCUT2D eigenvalue weighted by molar-refractivity contribution is 5.94. The van der Waals surface area contributed by atoms with Gasteiger partial charge in [-0.05, 0) is 42.4 Å². The van der Waals surface area contributed by atoms with E-state index < -0.39 is 0 Å². The number of aryl methyl sites for hydroxylation is 2. The van der Waals surface area contributed by atoms with Gasteiger partial charge < -0.3 is 10.2 Å². The lowest BCUT2D eigenvalue weighted by molar-refractivity contribution is -0.121. The molecule has 1 N–H and O–H groups in total. The summed E-state index contributed by atoms with van der Waals surface area (Å²) < 4.78 is 0. The van der Waals surface area contributed by atoms with Crippen LogP contribution in [0.4, 0.5) is 5.69 Å². The minimum absolute atomic E-state index is 0.0148. The fourth-order valence-corrected chi connectivity index (χ4v) is 3.41. The van der Waals surface area contributed by atoms with E-state index in [9.17, 15) is 9.59 Å². The molecule has 2 aromatic carbocycles. The van der Waals surface area contributed by atoms with Gasteiger partial charge in [0.2, 0.25) is 11.8 Å². The molecule has 150 valence electrons. The summed E-state index contributed by atoms with van der Waals surface area (Å²) in [5.74, 6) is 0.260. The van der Waals surface area contributed by atoms with E-state index in [1.165, 1.54) is 5.56 Å². The first-order valence-corrected chi connectivity index (χ1v) is 10.1. The Balaban J connectivity index is 1.90. The van der Waals surface area contributed by atoms with Crippen LogP contribution in [-0.2, 0) is 16.0 Å². The van der Waals surface area contributed by atoms with Gasteiger partial charge in [0.05, 0.1) is 0 Å². The molecule has 2 amide bonds. The lowest BCUT2D eigenvalue weighted by atomic mass is 9.97. The molecule has 0 aliphatic heterocycles. The Hall–Kier alpha value is -2.62. The molecule has 4 nitrogen and oxygen atoms in total. The van der Waals surface area contributed by atoms with Crippen molar-refractivity contribution in [1.29, 1.82) is 0 Å². The predicted octanol–water partition coefficient (Wildman–Crippen LogP) is 4.61. The number of para-hydroxylation sites is 1. The summed E-state index contributed by atoms with van der Waals surface area (Å²) in [5.41, 5.74) is 4.42. The molecule has 0 radical (unpaired) electrons. The third-order valence-electron chi connectivity index (χ3n) is 4.91. The largest absolute Gasteiger partial charge is 0.356 e. The fraction of sp³-hybridized carbons (Fsp3) is 0.417. The molecule has 0 atom stereocenters. The average molecular weight is 381 g/mol. The van der Waals surface area contributed by atoms with Gasteiger partial charge in [0.1, 0.15) is 0 Å². The van der Waals surface area contributed by atoms with E-state index in [1.807, 2.05) is 37.3 Å². The van der Waals surface area contributed by atoms with Crippen LogP contribution in [0.2, 0.25) is 0 Å². The molecule has 0 saturated heterocycles. The van der Waals surface area contributed by atoms with Crippen LogP contribution in [0.3, 0.4) is 0 Å². The Bertz CT molecular complexity index is 784. The number of carbonyl (C=O) groups is 2. The maximum Gasteiger partial charge on any atom is 0.223 e. The van der Waals surface area contributed by atoms with Crippen molar-refractivity contribution in [2.24, 2.45) is 0 Å². The third kappa shape index (κ3) is 6.22. The Morgan fingerprint density at radius 2 is 1.75 bits per heavy atom. The lowest BCUT2D eigenvalue weighted by Crippen LogP contribution is -2.35. The zero-order valence-electron chi connectivity index (χ0n) is 17.5. The van der Waals surface area contributed by atoms with Crippen molar-refractivity contribution in [2.75, 3.05) is 18.0 Å². The summed E-state index contributed by atoms with van der Waals surface area (Å²) in [4.78, 5) is 26.3. The van der Waals surface area contributed by atoms with Crippen molar-refractivity contribution >= 4 is 17.5 Å². The number of nitrogens with one attached hydrogen (secondary N) is 1. The summed E-state index contributed by atoms with van der Waals surface area (Å²) in [6.07, 6.45) is 2.15. The monoisotopic (exact) mass is 380 g/mol. The van der Waals surface area contributed by atoms with E-state index in [1.54, 1.807) is 11.8 Å². The van der Waals surface area contributed by atoms with Crippen molar-refractivity contribution in [1.82, 2.24) is 5.32 Å². The number of benzene rings is 2. The molecule has 2 rings (SSSR count). The normalized spacial score (nSPS) is 10.8. The molecule has 0 saturated carbocycles. The number of amides is 2. The van der Waals surface area contributed by atoms with E-state index in [0.717, 1.165) is 29.7 Å². The minimum Gasteiger partial charge on any atom is -0.356 e. The molecule has 2 aromatic rings. The summed E-state index contributed by atoms with van der Waals surface area (Å²) in [7, 11) is 0. The van der Waals surface area contributed by atoms with Gasteiger partial charge in [-0.1, -0.05) is 62.4 Å². The van der Waals surface area contributed by atoms with Gasteiger partial charge in [-0.15, -0.1) is 0 Å². The minimum atomic E-state index is -0.0342. The van der Waals surface area contributed by atoms with Crippen LogP contribution >= 0.6 is 0 Å². The summed E-state index contributed by atoms with van der Waals surface area (Å²) >= 11 is 0. The first kappa shape index (κ1) is 21.7. The van der Waals surface area contributed by atoms with Crippen molar-refractivity contribution in [3.8, 4) is 0 Å². The summed E-state index contributed by atoms with van der Waals surface area (Å²) in [6.45, 7) is 8.86. The molecule has 0 aliphatic rings. The number of nitrogens with zero attached hydrogens (tertiary/aromatic N) is 1. The number of hydrogen-bond donors (Lipinski definition) is 1. The molecule has 0 spiro atoms. The van der Waals surface area contributed by atoms with Crippen molar-refractivity contribution < 1.29 is 9.59 Å². The lowest BCUT2D eigenvalue weighted by Gasteiger charge is -2.27. The maximum atomic E-state index is 12.3. The summed E-state index contributed by atoms with van der Waals surface area (Å²) in [6, 6.07) is 16.4. The smallest absolute Gasteiger partial charge is 0.223 e. The molecule has 4 heteroatoms. The highest BCUT2D eigenvalue weighted by Crippen LogP contribution is 2.31. The molecular formula is C24H32N2O2. The maximum absolute atomic E-state index is 12.3. The van der Waals surface area contributed by atoms with E-state index in [4.69, 9.17) is 0 Å². The topological polar surface area (TPSA) is 49.4 Å². The van der Waals surface area contributed by atoms with Crippen molar-refractivity contribution in [3.63, 3.8) is 0 Å².